The summed E-state index contributed by atoms with van der Waals surface area (Å²) in [6, 6.07) is 0. The van der Waals surface area contributed by atoms with Crippen LogP contribution in [0.5, 0.6) is 0 Å². The first-order chi connectivity index (χ1) is 7.58. The molecule has 3 nitrogen and oxygen atoms in total. The van der Waals surface area contributed by atoms with Crippen molar-refractivity contribution in [3.63, 3.8) is 0 Å². The smallest absolute Gasteiger partial charge is 0.305 e. The zero-order valence-electron chi connectivity index (χ0n) is 13.7. The molecule has 0 aromatic rings. The average molecular weight is 278 g/mol. The Morgan fingerprint density at radius 2 is 1.33 bits per heavy atom. The average Bonchev–Trinajstić information content (AvgIpc) is 1.95. The molecule has 0 N–H and O–H groups in total. The predicted molar refractivity (Wildman–Crippen MR) is 78.2 cm³/mol. The van der Waals surface area contributed by atoms with E-state index in [4.69, 9.17) is 9.05 Å². The minimum absolute atomic E-state index is 0.0547. The fraction of sp³-hybridized carbons (Fsp3) is 1.00. The highest BCUT2D eigenvalue weighted by atomic mass is 31.2. The SMILES string of the molecule is CC(OP(C)(=O)OC(C)(C)C(C)(C)C)C(C)(C)C. The second kappa shape index (κ2) is 5.26. The fourth-order valence-corrected chi connectivity index (χ4v) is 3.05. The fourth-order valence-electron chi connectivity index (χ4n) is 1.02. The molecule has 4 heteroatoms. The third-order valence-corrected chi connectivity index (χ3v) is 5.26. The molecule has 2 unspecified atom stereocenters. The standard InChI is InChI=1S/C14H31O3P/c1-11(12(2,3)4)16-18(10,15)17-14(8,9)13(5,6)7/h11H,1-10H3. The van der Waals surface area contributed by atoms with E-state index < -0.39 is 13.2 Å². The van der Waals surface area contributed by atoms with Crippen LogP contribution in [0.2, 0.25) is 0 Å². The Bertz CT molecular complexity index is 321. The molecule has 0 aliphatic heterocycles. The second-order valence-electron chi connectivity index (χ2n) is 7.74. The van der Waals surface area contributed by atoms with E-state index >= 15 is 0 Å². The van der Waals surface area contributed by atoms with Gasteiger partial charge in [0.2, 0.25) is 0 Å². The Labute approximate surface area is 113 Å². The van der Waals surface area contributed by atoms with Gasteiger partial charge < -0.3 is 9.05 Å². The number of rotatable bonds is 4. The van der Waals surface area contributed by atoms with Gasteiger partial charge in [0.05, 0.1) is 11.7 Å². The molecule has 0 radical (unpaired) electrons. The number of hydrogen-bond acceptors (Lipinski definition) is 3. The molecular weight excluding hydrogens is 247 g/mol. The van der Waals surface area contributed by atoms with Crippen molar-refractivity contribution in [3.8, 4) is 0 Å². The van der Waals surface area contributed by atoms with Gasteiger partial charge in [-0.25, -0.2) is 0 Å². The van der Waals surface area contributed by atoms with Crippen molar-refractivity contribution in [2.24, 2.45) is 10.8 Å². The van der Waals surface area contributed by atoms with Gasteiger partial charge >= 0.3 is 7.60 Å². The lowest BCUT2D eigenvalue weighted by atomic mass is 9.79. The minimum atomic E-state index is -3.06. The summed E-state index contributed by atoms with van der Waals surface area (Å²) < 4.78 is 23.9. The zero-order valence-corrected chi connectivity index (χ0v) is 14.6. The summed E-state index contributed by atoms with van der Waals surface area (Å²) in [5.41, 5.74) is -0.664. The maximum Gasteiger partial charge on any atom is 0.328 e. The third-order valence-electron chi connectivity index (χ3n) is 3.77. The highest BCUT2D eigenvalue weighted by Crippen LogP contribution is 2.53. The molecule has 0 aromatic carbocycles. The maximum absolute atomic E-state index is 12.5. The van der Waals surface area contributed by atoms with E-state index in [1.807, 2.05) is 20.8 Å². The van der Waals surface area contributed by atoms with Gasteiger partial charge in [0, 0.05) is 6.66 Å². The predicted octanol–water partition coefficient (Wildman–Crippen LogP) is 5.10. The molecule has 0 aliphatic rings. The molecule has 0 aromatic heterocycles. The van der Waals surface area contributed by atoms with Crippen molar-refractivity contribution in [1.29, 1.82) is 0 Å². The Morgan fingerprint density at radius 1 is 0.944 bits per heavy atom. The molecule has 0 rings (SSSR count). The quantitative estimate of drug-likeness (QED) is 0.671. The van der Waals surface area contributed by atoms with Crippen LogP contribution in [0, 0.1) is 10.8 Å². The van der Waals surface area contributed by atoms with Gasteiger partial charge in [-0.1, -0.05) is 41.5 Å². The molecule has 0 saturated heterocycles. The first kappa shape index (κ1) is 18.1. The topological polar surface area (TPSA) is 35.5 Å². The molecule has 0 amide bonds. The lowest BCUT2D eigenvalue weighted by molar-refractivity contribution is -0.0246. The lowest BCUT2D eigenvalue weighted by Gasteiger charge is -2.41. The van der Waals surface area contributed by atoms with Gasteiger partial charge in [-0.2, -0.15) is 0 Å². The normalized spacial score (nSPS) is 19.4. The summed E-state index contributed by atoms with van der Waals surface area (Å²) in [6.45, 7) is 19.8. The maximum atomic E-state index is 12.5. The van der Waals surface area contributed by atoms with Crippen molar-refractivity contribution in [2.45, 2.75) is 74.0 Å². The summed E-state index contributed by atoms with van der Waals surface area (Å²) in [5, 5.41) is 0. The molecule has 0 fully saturated rings. The summed E-state index contributed by atoms with van der Waals surface area (Å²) >= 11 is 0. The largest absolute Gasteiger partial charge is 0.328 e. The van der Waals surface area contributed by atoms with Crippen LogP contribution in [0.3, 0.4) is 0 Å². The van der Waals surface area contributed by atoms with Crippen molar-refractivity contribution in [1.82, 2.24) is 0 Å². The van der Waals surface area contributed by atoms with Crippen LogP contribution in [-0.4, -0.2) is 18.4 Å². The Morgan fingerprint density at radius 3 is 1.61 bits per heavy atom. The highest BCUT2D eigenvalue weighted by molar-refractivity contribution is 7.53. The monoisotopic (exact) mass is 278 g/mol. The van der Waals surface area contributed by atoms with Crippen molar-refractivity contribution in [3.05, 3.63) is 0 Å². The Balaban J connectivity index is 4.84. The summed E-state index contributed by atoms with van der Waals surface area (Å²) in [7, 11) is -3.06. The van der Waals surface area contributed by atoms with E-state index in [2.05, 4.69) is 41.5 Å². The minimum Gasteiger partial charge on any atom is -0.305 e. The van der Waals surface area contributed by atoms with Gasteiger partial charge in [0.1, 0.15) is 0 Å². The first-order valence-electron chi connectivity index (χ1n) is 6.55. The van der Waals surface area contributed by atoms with Crippen LogP contribution in [0.4, 0.5) is 0 Å². The van der Waals surface area contributed by atoms with Gasteiger partial charge in [0.15, 0.2) is 0 Å². The van der Waals surface area contributed by atoms with Crippen LogP contribution in [0.15, 0.2) is 0 Å². The van der Waals surface area contributed by atoms with Crippen LogP contribution in [-0.2, 0) is 13.6 Å². The van der Waals surface area contributed by atoms with Crippen molar-refractivity contribution < 1.29 is 13.6 Å². The van der Waals surface area contributed by atoms with Gasteiger partial charge in [-0.05, 0) is 31.6 Å². The molecule has 0 saturated carbocycles. The molecule has 18 heavy (non-hydrogen) atoms. The van der Waals surface area contributed by atoms with E-state index in [-0.39, 0.29) is 16.9 Å². The van der Waals surface area contributed by atoms with Crippen LogP contribution >= 0.6 is 7.60 Å². The van der Waals surface area contributed by atoms with Crippen LogP contribution < -0.4 is 0 Å². The van der Waals surface area contributed by atoms with E-state index in [0.717, 1.165) is 0 Å². The Kier molecular flexibility index (Phi) is 5.31. The molecule has 0 spiro atoms. The molecule has 2 atom stereocenters. The van der Waals surface area contributed by atoms with Crippen molar-refractivity contribution >= 4 is 7.60 Å². The van der Waals surface area contributed by atoms with Gasteiger partial charge in [-0.15, -0.1) is 0 Å². The summed E-state index contributed by atoms with van der Waals surface area (Å²) in [5.74, 6) is 0. The summed E-state index contributed by atoms with van der Waals surface area (Å²) in [6.07, 6.45) is -0.121. The third kappa shape index (κ3) is 5.42. The lowest BCUT2D eigenvalue weighted by Crippen LogP contribution is -2.39. The molecule has 0 heterocycles. The number of hydrogen-bond donors (Lipinski definition) is 0. The zero-order chi connectivity index (χ0) is 15.0. The first-order valence-corrected chi connectivity index (χ1v) is 8.54. The summed E-state index contributed by atoms with van der Waals surface area (Å²) in [4.78, 5) is 0. The second-order valence-corrected chi connectivity index (χ2v) is 9.67. The van der Waals surface area contributed by atoms with Crippen LogP contribution in [0.1, 0.15) is 62.3 Å². The van der Waals surface area contributed by atoms with E-state index in [1.165, 1.54) is 0 Å². The molecule has 110 valence electrons. The van der Waals surface area contributed by atoms with E-state index in [1.54, 1.807) is 6.66 Å². The Hall–Kier alpha value is 0.150. The van der Waals surface area contributed by atoms with Crippen molar-refractivity contribution in [2.75, 3.05) is 6.66 Å². The highest BCUT2D eigenvalue weighted by Gasteiger charge is 2.40. The molecule has 0 aliphatic carbocycles. The molecular formula is C14H31O3P. The van der Waals surface area contributed by atoms with Crippen LogP contribution in [0.25, 0.3) is 0 Å². The van der Waals surface area contributed by atoms with E-state index in [9.17, 15) is 4.57 Å². The van der Waals surface area contributed by atoms with Gasteiger partial charge in [-0.3, -0.25) is 4.57 Å². The molecule has 0 bridgehead atoms. The van der Waals surface area contributed by atoms with E-state index in [0.29, 0.717) is 0 Å². The van der Waals surface area contributed by atoms with Gasteiger partial charge in [0.25, 0.3) is 0 Å².